The van der Waals surface area contributed by atoms with Gasteiger partial charge in [0.05, 0.1) is 12.1 Å². The minimum absolute atomic E-state index is 0.161. The number of ether oxygens (including phenoxy) is 3. The van der Waals surface area contributed by atoms with Crippen LogP contribution >= 0.6 is 0 Å². The summed E-state index contributed by atoms with van der Waals surface area (Å²) in [5, 5.41) is 5.54. The average Bonchev–Trinajstić information content (AvgIpc) is 3.34. The van der Waals surface area contributed by atoms with E-state index < -0.39 is 17.9 Å². The topological polar surface area (TPSA) is 160 Å². The lowest BCUT2D eigenvalue weighted by Gasteiger charge is -2.14. The van der Waals surface area contributed by atoms with Gasteiger partial charge in [0.1, 0.15) is 23.6 Å². The summed E-state index contributed by atoms with van der Waals surface area (Å²) in [6.07, 6.45) is 2.07. The fraction of sp³-hybridized carbons (Fsp3) is 0.276. The van der Waals surface area contributed by atoms with E-state index in [4.69, 9.17) is 19.9 Å². The summed E-state index contributed by atoms with van der Waals surface area (Å²) in [6.45, 7) is 1.62. The number of aryl methyl sites for hydroxylation is 1. The maximum absolute atomic E-state index is 12.9. The first-order valence-corrected chi connectivity index (χ1v) is 13.1. The first-order valence-electron chi connectivity index (χ1n) is 13.1. The predicted molar refractivity (Wildman–Crippen MR) is 152 cm³/mol. The van der Waals surface area contributed by atoms with Gasteiger partial charge in [-0.3, -0.25) is 19.9 Å². The number of amides is 3. The molecule has 2 aromatic carbocycles. The van der Waals surface area contributed by atoms with Crippen molar-refractivity contribution < 1.29 is 28.6 Å². The van der Waals surface area contributed by atoms with E-state index in [9.17, 15) is 14.4 Å². The van der Waals surface area contributed by atoms with Gasteiger partial charge in [-0.25, -0.2) is 9.78 Å². The first kappa shape index (κ1) is 29.0. The Balaban J connectivity index is 1.54. The third-order valence-electron chi connectivity index (χ3n) is 6.01. The summed E-state index contributed by atoms with van der Waals surface area (Å²) in [5.41, 5.74) is 7.85. The van der Waals surface area contributed by atoms with Crippen LogP contribution < -0.4 is 21.1 Å². The van der Waals surface area contributed by atoms with Gasteiger partial charge in [0.15, 0.2) is 0 Å². The number of fused-ring (bicyclic) bond motifs is 1. The molecule has 4 N–H and O–H groups in total. The molecule has 2 aromatic heterocycles. The second kappa shape index (κ2) is 14.4. The molecule has 0 aliphatic rings. The fourth-order valence-corrected chi connectivity index (χ4v) is 4.05. The number of pyridine rings is 1. The number of alkyl carbamates (subject to hydrolysis) is 1. The lowest BCUT2D eigenvalue weighted by atomic mass is 10.1. The normalized spacial score (nSPS) is 10.8. The molecule has 214 valence electrons. The Hall–Kier alpha value is -4.97. The number of hydrogen-bond acceptors (Lipinski definition) is 8. The fourth-order valence-electron chi connectivity index (χ4n) is 4.05. The van der Waals surface area contributed by atoms with Crippen LogP contribution in [0.1, 0.15) is 39.3 Å². The van der Waals surface area contributed by atoms with Crippen molar-refractivity contribution in [2.75, 3.05) is 32.2 Å². The molecule has 4 rings (SSSR count). The van der Waals surface area contributed by atoms with Crippen LogP contribution in [-0.4, -0.2) is 59.3 Å². The van der Waals surface area contributed by atoms with Gasteiger partial charge in [-0.15, -0.1) is 0 Å². The molecule has 12 nitrogen and oxygen atoms in total. The number of nitrogens with zero attached hydrogens (tertiary/aromatic N) is 3. The summed E-state index contributed by atoms with van der Waals surface area (Å²) in [6, 6.07) is 17.5. The van der Waals surface area contributed by atoms with E-state index in [0.717, 1.165) is 5.56 Å². The molecular formula is C29H32N6O6. The van der Waals surface area contributed by atoms with E-state index in [2.05, 4.69) is 20.6 Å². The Morgan fingerprint density at radius 2 is 1.80 bits per heavy atom. The Bertz CT molecular complexity index is 1480. The van der Waals surface area contributed by atoms with Crippen LogP contribution in [0.2, 0.25) is 0 Å². The molecule has 0 unspecified atom stereocenters. The highest BCUT2D eigenvalue weighted by Gasteiger charge is 2.20. The molecule has 0 atom stereocenters. The maximum atomic E-state index is 12.9. The molecule has 0 fully saturated rings. The van der Waals surface area contributed by atoms with Crippen molar-refractivity contribution in [2.24, 2.45) is 5.73 Å². The summed E-state index contributed by atoms with van der Waals surface area (Å²) < 4.78 is 18.2. The van der Waals surface area contributed by atoms with E-state index in [0.29, 0.717) is 55.9 Å². The Kier molecular flexibility index (Phi) is 10.2. The standard InChI is InChI=1S/C29H32N6O6/c1-39-15-8-16-40-24-18-21(26(30)36)17-23-25(24)35(28(33-23)34-27(37)22-11-5-6-12-31-22)14-7-13-32-29(38)41-19-20-9-3-2-4-10-20/h2-6,9-12,17-18H,7-8,13-16,19H2,1H3,(H2,30,36)(H,32,38)(H,33,34,37). The van der Waals surface area contributed by atoms with Crippen molar-refractivity contribution >= 4 is 34.9 Å². The molecule has 0 aliphatic carbocycles. The molecule has 0 saturated carbocycles. The molecule has 0 saturated heterocycles. The van der Waals surface area contributed by atoms with E-state index in [1.165, 1.54) is 6.20 Å². The highest BCUT2D eigenvalue weighted by Crippen LogP contribution is 2.31. The third kappa shape index (κ3) is 8.02. The van der Waals surface area contributed by atoms with Gasteiger partial charge in [0.2, 0.25) is 11.9 Å². The smallest absolute Gasteiger partial charge is 0.407 e. The van der Waals surface area contributed by atoms with Gasteiger partial charge < -0.3 is 29.8 Å². The maximum Gasteiger partial charge on any atom is 0.407 e. The largest absolute Gasteiger partial charge is 0.491 e. The highest BCUT2D eigenvalue weighted by molar-refractivity contribution is 6.04. The van der Waals surface area contributed by atoms with Crippen molar-refractivity contribution in [2.45, 2.75) is 26.0 Å². The first-order chi connectivity index (χ1) is 20.0. The van der Waals surface area contributed by atoms with Crippen LogP contribution in [0.15, 0.2) is 66.9 Å². The summed E-state index contributed by atoms with van der Waals surface area (Å²) in [4.78, 5) is 45.8. The monoisotopic (exact) mass is 560 g/mol. The van der Waals surface area contributed by atoms with Crippen LogP contribution in [0.5, 0.6) is 5.75 Å². The van der Waals surface area contributed by atoms with E-state index >= 15 is 0 Å². The molecule has 0 spiro atoms. The number of hydrogen-bond donors (Lipinski definition) is 3. The van der Waals surface area contributed by atoms with Gasteiger partial charge in [-0.2, -0.15) is 0 Å². The van der Waals surface area contributed by atoms with Crippen LogP contribution in [-0.2, 0) is 22.6 Å². The van der Waals surface area contributed by atoms with E-state index in [1.807, 2.05) is 30.3 Å². The molecule has 41 heavy (non-hydrogen) atoms. The number of nitrogens with two attached hydrogens (primary N) is 1. The number of nitrogens with one attached hydrogen (secondary N) is 2. The van der Waals surface area contributed by atoms with Gasteiger partial charge >= 0.3 is 6.09 Å². The van der Waals surface area contributed by atoms with Crippen LogP contribution in [0.25, 0.3) is 11.0 Å². The van der Waals surface area contributed by atoms with Crippen molar-refractivity contribution in [1.29, 1.82) is 0 Å². The lowest BCUT2D eigenvalue weighted by Crippen LogP contribution is -2.26. The molecule has 4 aromatic rings. The van der Waals surface area contributed by atoms with Crippen molar-refractivity contribution in [3.8, 4) is 5.75 Å². The number of methoxy groups -OCH3 is 1. The molecule has 2 heterocycles. The number of benzene rings is 2. The molecule has 3 amide bonds. The van der Waals surface area contributed by atoms with Gasteiger partial charge in [-0.1, -0.05) is 36.4 Å². The minimum atomic E-state index is -0.638. The SMILES string of the molecule is COCCCOc1cc(C(N)=O)cc2nc(NC(=O)c3ccccn3)n(CCCNC(=O)OCc3ccccc3)c12. The summed E-state index contributed by atoms with van der Waals surface area (Å²) in [5.74, 6) is -0.484. The molecule has 0 bridgehead atoms. The van der Waals surface area contributed by atoms with Crippen LogP contribution in [0.3, 0.4) is 0 Å². The molecule has 0 radical (unpaired) electrons. The number of anilines is 1. The molecule has 0 aliphatic heterocycles. The average molecular weight is 561 g/mol. The second-order valence-corrected chi connectivity index (χ2v) is 9.00. The number of primary amides is 1. The number of carbonyl (C=O) groups is 3. The minimum Gasteiger partial charge on any atom is -0.491 e. The third-order valence-corrected chi connectivity index (χ3v) is 6.01. The van der Waals surface area contributed by atoms with Crippen molar-refractivity contribution in [3.05, 3.63) is 83.7 Å². The second-order valence-electron chi connectivity index (χ2n) is 9.00. The lowest BCUT2D eigenvalue weighted by molar-refractivity contribution is 0.0996. The van der Waals surface area contributed by atoms with Gasteiger partial charge in [0.25, 0.3) is 5.91 Å². The van der Waals surface area contributed by atoms with Gasteiger partial charge in [-0.05, 0) is 36.2 Å². The van der Waals surface area contributed by atoms with Crippen LogP contribution in [0, 0.1) is 0 Å². The Morgan fingerprint density at radius 3 is 2.54 bits per heavy atom. The molecular weight excluding hydrogens is 528 g/mol. The van der Waals surface area contributed by atoms with Crippen LogP contribution in [0.4, 0.5) is 10.7 Å². The predicted octanol–water partition coefficient (Wildman–Crippen LogP) is 3.51. The van der Waals surface area contributed by atoms with Gasteiger partial charge in [0, 0.05) is 45.0 Å². The summed E-state index contributed by atoms with van der Waals surface area (Å²) >= 11 is 0. The zero-order chi connectivity index (χ0) is 29.0. The number of imidazole rings is 1. The van der Waals surface area contributed by atoms with E-state index in [1.54, 1.807) is 42.0 Å². The van der Waals surface area contributed by atoms with Crippen molar-refractivity contribution in [3.63, 3.8) is 0 Å². The summed E-state index contributed by atoms with van der Waals surface area (Å²) in [7, 11) is 1.60. The number of rotatable bonds is 14. The molecule has 12 heteroatoms. The zero-order valence-corrected chi connectivity index (χ0v) is 22.7. The Morgan fingerprint density at radius 1 is 1.00 bits per heavy atom. The quantitative estimate of drug-likeness (QED) is 0.198. The highest BCUT2D eigenvalue weighted by atomic mass is 16.5. The zero-order valence-electron chi connectivity index (χ0n) is 22.7. The number of aromatic nitrogens is 3. The Labute approximate surface area is 236 Å². The van der Waals surface area contributed by atoms with Crippen molar-refractivity contribution in [1.82, 2.24) is 19.9 Å². The van der Waals surface area contributed by atoms with E-state index in [-0.39, 0.29) is 23.8 Å². The number of carbonyl (C=O) groups excluding carboxylic acids is 3.